The lowest BCUT2D eigenvalue weighted by Gasteiger charge is -2.31. The number of rotatable bonds is 5. The van der Waals surface area contributed by atoms with Crippen molar-refractivity contribution in [2.75, 3.05) is 20.2 Å². The minimum absolute atomic E-state index is 0.0146. The van der Waals surface area contributed by atoms with Crippen molar-refractivity contribution in [2.24, 2.45) is 11.3 Å². The van der Waals surface area contributed by atoms with E-state index in [1.807, 2.05) is 6.92 Å². The van der Waals surface area contributed by atoms with Gasteiger partial charge in [-0.3, -0.25) is 4.90 Å². The highest BCUT2D eigenvalue weighted by molar-refractivity contribution is 5.04. The normalized spacial score (nSPS) is 48.8. The molecule has 19 heavy (non-hydrogen) atoms. The van der Waals surface area contributed by atoms with Crippen LogP contribution in [0, 0.1) is 11.3 Å². The summed E-state index contributed by atoms with van der Waals surface area (Å²) in [6.45, 7) is 8.47. The van der Waals surface area contributed by atoms with Crippen LogP contribution in [-0.2, 0) is 14.2 Å². The molecule has 6 atom stereocenters. The van der Waals surface area contributed by atoms with E-state index in [0.717, 1.165) is 19.1 Å². The second-order valence-electron chi connectivity index (χ2n) is 6.81. The fourth-order valence-corrected chi connectivity index (χ4v) is 3.77. The van der Waals surface area contributed by atoms with Gasteiger partial charge in [-0.05, 0) is 32.7 Å². The summed E-state index contributed by atoms with van der Waals surface area (Å²) in [5.41, 5.74) is 0.271. The second-order valence-corrected chi connectivity index (χ2v) is 6.81. The van der Waals surface area contributed by atoms with Gasteiger partial charge in [0.1, 0.15) is 0 Å². The third-order valence-corrected chi connectivity index (χ3v) is 4.99. The monoisotopic (exact) mass is 269 g/mol. The van der Waals surface area contributed by atoms with Crippen LogP contribution in [0.15, 0.2) is 0 Å². The topological polar surface area (TPSA) is 37.5 Å². The van der Waals surface area contributed by atoms with E-state index in [-0.39, 0.29) is 17.9 Å². The van der Waals surface area contributed by atoms with Crippen LogP contribution < -0.4 is 0 Å². The number of ether oxygens (including phenoxy) is 3. The average molecular weight is 269 g/mol. The zero-order valence-corrected chi connectivity index (χ0v) is 12.6. The molecule has 0 N–H and O–H groups in total. The van der Waals surface area contributed by atoms with Crippen LogP contribution in [-0.4, -0.2) is 49.8 Å². The first-order valence-corrected chi connectivity index (χ1v) is 7.68. The van der Waals surface area contributed by atoms with E-state index in [1.54, 1.807) is 0 Å². The molecule has 0 aromatic rings. The third-order valence-electron chi connectivity index (χ3n) is 4.99. The number of hydrogen-bond acceptors (Lipinski definition) is 4. The molecule has 6 unspecified atom stereocenters. The molecular weight excluding hydrogens is 242 g/mol. The van der Waals surface area contributed by atoms with Crippen LogP contribution in [0.1, 0.15) is 40.0 Å². The Labute approximate surface area is 116 Å². The van der Waals surface area contributed by atoms with Crippen molar-refractivity contribution in [3.05, 3.63) is 0 Å². The van der Waals surface area contributed by atoms with E-state index in [2.05, 4.69) is 25.8 Å². The number of hydrogen-bond donors (Lipinski definition) is 0. The SMILES string of the molecule is CCOC1OC1N(C)CC1(C)CCCC(C)C2OC21. The van der Waals surface area contributed by atoms with Gasteiger partial charge in [-0.15, -0.1) is 0 Å². The van der Waals surface area contributed by atoms with Crippen LogP contribution in [0.3, 0.4) is 0 Å². The summed E-state index contributed by atoms with van der Waals surface area (Å²) >= 11 is 0. The Bertz CT molecular complexity index is 337. The first-order chi connectivity index (χ1) is 9.05. The molecule has 2 heterocycles. The van der Waals surface area contributed by atoms with Crippen molar-refractivity contribution in [1.82, 2.24) is 4.90 Å². The quantitative estimate of drug-likeness (QED) is 0.717. The standard InChI is InChI=1S/C15H27NO3/c1-5-17-14-13(19-14)16(4)9-15(3)8-6-7-10(2)11-12(15)18-11/h10-14H,5-9H2,1-4H3. The molecule has 4 nitrogen and oxygen atoms in total. The average Bonchev–Trinajstić information content (AvgIpc) is 3.21. The Balaban J connectivity index is 1.57. The molecule has 0 radical (unpaired) electrons. The Morgan fingerprint density at radius 1 is 1.37 bits per heavy atom. The minimum Gasteiger partial charge on any atom is -0.369 e. The van der Waals surface area contributed by atoms with E-state index in [0.29, 0.717) is 12.2 Å². The number of epoxide rings is 2. The molecule has 4 heteroatoms. The van der Waals surface area contributed by atoms with Gasteiger partial charge in [-0.2, -0.15) is 0 Å². The molecule has 110 valence electrons. The first-order valence-electron chi connectivity index (χ1n) is 7.68. The van der Waals surface area contributed by atoms with Crippen molar-refractivity contribution < 1.29 is 14.2 Å². The summed E-state index contributed by atoms with van der Waals surface area (Å²) in [6, 6.07) is 0. The summed E-state index contributed by atoms with van der Waals surface area (Å²) in [5.74, 6) is 0.727. The Hall–Kier alpha value is -0.160. The van der Waals surface area contributed by atoms with Crippen molar-refractivity contribution in [3.63, 3.8) is 0 Å². The fourth-order valence-electron chi connectivity index (χ4n) is 3.77. The molecule has 3 fully saturated rings. The molecule has 2 aliphatic heterocycles. The Kier molecular flexibility index (Phi) is 3.63. The highest BCUT2D eigenvalue weighted by Gasteiger charge is 2.56. The number of likely N-dealkylation sites (N-methyl/N-ethyl adjacent to an activating group) is 1. The molecule has 2 saturated heterocycles. The molecule has 0 bridgehead atoms. The summed E-state index contributed by atoms with van der Waals surface area (Å²) in [5, 5.41) is 0. The van der Waals surface area contributed by atoms with E-state index >= 15 is 0 Å². The molecule has 0 aromatic heterocycles. The predicted molar refractivity (Wildman–Crippen MR) is 72.7 cm³/mol. The summed E-state index contributed by atoms with van der Waals surface area (Å²) in [6.07, 6.45) is 4.98. The van der Waals surface area contributed by atoms with Crippen LogP contribution in [0.25, 0.3) is 0 Å². The molecule has 0 amide bonds. The largest absolute Gasteiger partial charge is 0.369 e. The molecule has 1 saturated carbocycles. The minimum atomic E-state index is -0.0146. The van der Waals surface area contributed by atoms with Gasteiger partial charge < -0.3 is 14.2 Å². The molecule has 3 aliphatic rings. The zero-order valence-electron chi connectivity index (χ0n) is 12.6. The van der Waals surface area contributed by atoms with Crippen molar-refractivity contribution in [1.29, 1.82) is 0 Å². The number of nitrogens with zero attached hydrogens (tertiary/aromatic N) is 1. The van der Waals surface area contributed by atoms with Gasteiger partial charge >= 0.3 is 0 Å². The summed E-state index contributed by atoms with van der Waals surface area (Å²) in [7, 11) is 2.14. The lowest BCUT2D eigenvalue weighted by atomic mass is 9.81. The zero-order chi connectivity index (χ0) is 13.6. The van der Waals surface area contributed by atoms with Gasteiger partial charge in [0.05, 0.1) is 12.2 Å². The summed E-state index contributed by atoms with van der Waals surface area (Å²) < 4.78 is 17.0. The molecule has 0 aromatic carbocycles. The fraction of sp³-hybridized carbons (Fsp3) is 1.00. The van der Waals surface area contributed by atoms with Crippen molar-refractivity contribution in [3.8, 4) is 0 Å². The lowest BCUT2D eigenvalue weighted by molar-refractivity contribution is 0.0590. The van der Waals surface area contributed by atoms with Crippen molar-refractivity contribution in [2.45, 2.75) is 64.8 Å². The first kappa shape index (κ1) is 13.8. The van der Waals surface area contributed by atoms with E-state index in [9.17, 15) is 0 Å². The van der Waals surface area contributed by atoms with E-state index in [1.165, 1.54) is 19.3 Å². The van der Waals surface area contributed by atoms with Crippen LogP contribution in [0.4, 0.5) is 0 Å². The van der Waals surface area contributed by atoms with Gasteiger partial charge in [0.25, 0.3) is 0 Å². The molecule has 1 aliphatic carbocycles. The Morgan fingerprint density at radius 2 is 2.16 bits per heavy atom. The van der Waals surface area contributed by atoms with E-state index < -0.39 is 0 Å². The maximum Gasteiger partial charge on any atom is 0.199 e. The summed E-state index contributed by atoms with van der Waals surface area (Å²) in [4.78, 5) is 2.30. The van der Waals surface area contributed by atoms with Gasteiger partial charge in [0.2, 0.25) is 0 Å². The van der Waals surface area contributed by atoms with Gasteiger partial charge in [-0.25, -0.2) is 0 Å². The van der Waals surface area contributed by atoms with Crippen LogP contribution in [0.5, 0.6) is 0 Å². The smallest absolute Gasteiger partial charge is 0.199 e. The van der Waals surface area contributed by atoms with Gasteiger partial charge in [-0.1, -0.05) is 20.3 Å². The molecule has 0 spiro atoms. The third kappa shape index (κ3) is 2.68. The maximum absolute atomic E-state index is 5.96. The Morgan fingerprint density at radius 3 is 2.89 bits per heavy atom. The molecule has 3 rings (SSSR count). The van der Waals surface area contributed by atoms with Crippen LogP contribution in [0.2, 0.25) is 0 Å². The highest BCUT2D eigenvalue weighted by Crippen LogP contribution is 2.50. The highest BCUT2D eigenvalue weighted by atomic mass is 16.8. The number of fused-ring (bicyclic) bond motifs is 1. The van der Waals surface area contributed by atoms with Crippen molar-refractivity contribution >= 4 is 0 Å². The van der Waals surface area contributed by atoms with Gasteiger partial charge in [0, 0.05) is 18.6 Å². The van der Waals surface area contributed by atoms with Crippen LogP contribution >= 0.6 is 0 Å². The van der Waals surface area contributed by atoms with Gasteiger partial charge in [0.15, 0.2) is 12.5 Å². The van der Waals surface area contributed by atoms with E-state index in [4.69, 9.17) is 14.2 Å². The lowest BCUT2D eigenvalue weighted by Crippen LogP contribution is -2.40. The second kappa shape index (κ2) is 4.99. The maximum atomic E-state index is 5.96. The predicted octanol–water partition coefficient (Wildman–Crippen LogP) is 2.23. The molecular formula is C15H27NO3.